The average Bonchev–Trinajstić information content (AvgIpc) is 2.81. The Hall–Kier alpha value is -2.53. The van der Waals surface area contributed by atoms with Crippen molar-refractivity contribution in [1.82, 2.24) is 19.8 Å². The number of rotatable bonds is 7. The third-order valence-electron chi connectivity index (χ3n) is 5.17. The number of amides is 1. The van der Waals surface area contributed by atoms with Crippen LogP contribution in [0.15, 0.2) is 29.4 Å². The fraction of sp³-hybridized carbons (Fsp3) is 0.476. The standard InChI is InChI=1S/C21H25F3N4O3S/c1-4-27-7-9-28(10-8-27)19(29)13-32-20-25-15(12-18(26-20)21(22,23)24)14-5-6-16(30-2)17(11-14)31-3/h5-6,11-12H,4,7-10,13H2,1-3H3. The average molecular weight is 471 g/mol. The predicted octanol–water partition coefficient (Wildman–Crippen LogP) is 3.44. The van der Waals surface area contributed by atoms with E-state index in [0.717, 1.165) is 37.5 Å². The Balaban J connectivity index is 1.81. The number of ether oxygens (including phenoxy) is 2. The second kappa shape index (κ2) is 10.4. The van der Waals surface area contributed by atoms with E-state index < -0.39 is 11.9 Å². The Morgan fingerprint density at radius 2 is 1.75 bits per heavy atom. The van der Waals surface area contributed by atoms with E-state index in [2.05, 4.69) is 21.8 Å². The number of alkyl halides is 3. The van der Waals surface area contributed by atoms with Crippen LogP contribution in [0.2, 0.25) is 0 Å². The minimum Gasteiger partial charge on any atom is -0.493 e. The van der Waals surface area contributed by atoms with Crippen molar-refractivity contribution in [3.63, 3.8) is 0 Å². The number of nitrogens with zero attached hydrogens (tertiary/aromatic N) is 4. The van der Waals surface area contributed by atoms with Crippen LogP contribution in [0.3, 0.4) is 0 Å². The summed E-state index contributed by atoms with van der Waals surface area (Å²) < 4.78 is 50.8. The van der Waals surface area contributed by atoms with Crippen LogP contribution in [0.1, 0.15) is 12.6 Å². The molecule has 0 bridgehead atoms. The van der Waals surface area contributed by atoms with E-state index in [-0.39, 0.29) is 22.5 Å². The van der Waals surface area contributed by atoms with Gasteiger partial charge >= 0.3 is 6.18 Å². The van der Waals surface area contributed by atoms with Crippen LogP contribution in [0.25, 0.3) is 11.3 Å². The molecule has 1 amide bonds. The number of aromatic nitrogens is 2. The third kappa shape index (κ3) is 5.83. The number of methoxy groups -OCH3 is 2. The van der Waals surface area contributed by atoms with Gasteiger partial charge in [0.05, 0.1) is 25.7 Å². The van der Waals surface area contributed by atoms with E-state index in [1.165, 1.54) is 14.2 Å². The summed E-state index contributed by atoms with van der Waals surface area (Å²) in [5.74, 6) is 0.649. The lowest BCUT2D eigenvalue weighted by Crippen LogP contribution is -2.49. The number of thioether (sulfide) groups is 1. The number of piperazine rings is 1. The molecule has 1 aromatic carbocycles. The molecule has 7 nitrogen and oxygen atoms in total. The monoisotopic (exact) mass is 470 g/mol. The number of hydrogen-bond donors (Lipinski definition) is 0. The lowest BCUT2D eigenvalue weighted by atomic mass is 10.1. The van der Waals surface area contributed by atoms with Crippen molar-refractivity contribution >= 4 is 17.7 Å². The molecule has 0 aliphatic carbocycles. The minimum absolute atomic E-state index is 0.0290. The summed E-state index contributed by atoms with van der Waals surface area (Å²) in [6, 6.07) is 5.62. The summed E-state index contributed by atoms with van der Waals surface area (Å²) in [6.45, 7) is 5.77. The zero-order chi connectivity index (χ0) is 23.3. The minimum atomic E-state index is -4.65. The molecule has 0 radical (unpaired) electrons. The highest BCUT2D eigenvalue weighted by Gasteiger charge is 2.34. The molecule has 2 heterocycles. The maximum absolute atomic E-state index is 13.5. The molecule has 32 heavy (non-hydrogen) atoms. The van der Waals surface area contributed by atoms with Gasteiger partial charge in [0.1, 0.15) is 5.69 Å². The van der Waals surface area contributed by atoms with E-state index in [1.807, 2.05) is 0 Å². The molecular formula is C21H25F3N4O3S. The lowest BCUT2D eigenvalue weighted by molar-refractivity contribution is -0.141. The third-order valence-corrected chi connectivity index (χ3v) is 6.00. The largest absolute Gasteiger partial charge is 0.493 e. The summed E-state index contributed by atoms with van der Waals surface area (Å²) in [4.78, 5) is 24.4. The van der Waals surface area contributed by atoms with E-state index in [9.17, 15) is 18.0 Å². The summed E-state index contributed by atoms with van der Waals surface area (Å²) in [5, 5.41) is -0.106. The van der Waals surface area contributed by atoms with E-state index in [0.29, 0.717) is 30.2 Å². The van der Waals surface area contributed by atoms with Gasteiger partial charge < -0.3 is 19.3 Å². The molecule has 0 spiro atoms. The molecule has 0 atom stereocenters. The molecule has 174 valence electrons. The van der Waals surface area contributed by atoms with Crippen LogP contribution in [0.5, 0.6) is 11.5 Å². The highest BCUT2D eigenvalue weighted by molar-refractivity contribution is 7.99. The molecule has 11 heteroatoms. The normalized spacial score (nSPS) is 15.0. The number of halogens is 3. The Bertz CT molecular complexity index is 950. The number of benzene rings is 1. The second-order valence-corrected chi connectivity index (χ2v) is 8.03. The number of hydrogen-bond acceptors (Lipinski definition) is 7. The summed E-state index contributed by atoms with van der Waals surface area (Å²) >= 11 is 0.902. The molecule has 0 saturated carbocycles. The van der Waals surface area contributed by atoms with Gasteiger partial charge in [-0.2, -0.15) is 13.2 Å². The zero-order valence-electron chi connectivity index (χ0n) is 18.1. The van der Waals surface area contributed by atoms with Crippen LogP contribution in [0, 0.1) is 0 Å². The van der Waals surface area contributed by atoms with Crippen molar-refractivity contribution in [2.75, 3.05) is 52.7 Å². The molecule has 0 N–H and O–H groups in total. The van der Waals surface area contributed by atoms with Gasteiger partial charge in [-0.15, -0.1) is 0 Å². The van der Waals surface area contributed by atoms with E-state index >= 15 is 0 Å². The summed E-state index contributed by atoms with van der Waals surface area (Å²) in [6.07, 6.45) is -4.65. The quantitative estimate of drug-likeness (QED) is 0.454. The number of carbonyl (C=O) groups is 1. The Labute approximate surface area is 188 Å². The van der Waals surface area contributed by atoms with Gasteiger partial charge in [-0.05, 0) is 30.8 Å². The first-order valence-corrected chi connectivity index (χ1v) is 11.0. The van der Waals surface area contributed by atoms with Gasteiger partial charge in [0.25, 0.3) is 0 Å². The highest BCUT2D eigenvalue weighted by Crippen LogP contribution is 2.35. The first kappa shape index (κ1) is 24.1. The molecule has 1 saturated heterocycles. The van der Waals surface area contributed by atoms with Crippen LogP contribution in [0.4, 0.5) is 13.2 Å². The fourth-order valence-corrected chi connectivity index (χ4v) is 4.07. The molecule has 1 aliphatic heterocycles. The maximum Gasteiger partial charge on any atom is 0.433 e. The molecule has 3 rings (SSSR count). The Morgan fingerprint density at radius 1 is 1.06 bits per heavy atom. The first-order chi connectivity index (χ1) is 15.2. The second-order valence-electron chi connectivity index (χ2n) is 7.09. The van der Waals surface area contributed by atoms with E-state index in [1.54, 1.807) is 23.1 Å². The van der Waals surface area contributed by atoms with Crippen molar-refractivity contribution in [3.05, 3.63) is 30.0 Å². The number of likely N-dealkylation sites (N-methyl/N-ethyl adjacent to an activating group) is 1. The number of carbonyl (C=O) groups excluding carboxylic acids is 1. The summed E-state index contributed by atoms with van der Waals surface area (Å²) in [7, 11) is 2.91. The van der Waals surface area contributed by atoms with E-state index in [4.69, 9.17) is 9.47 Å². The van der Waals surface area contributed by atoms with Crippen molar-refractivity contribution in [2.24, 2.45) is 0 Å². The van der Waals surface area contributed by atoms with Gasteiger partial charge in [-0.25, -0.2) is 9.97 Å². The smallest absolute Gasteiger partial charge is 0.433 e. The van der Waals surface area contributed by atoms with Gasteiger partial charge in [0.2, 0.25) is 5.91 Å². The Kier molecular flexibility index (Phi) is 7.83. The van der Waals surface area contributed by atoms with Crippen LogP contribution < -0.4 is 9.47 Å². The topological polar surface area (TPSA) is 67.8 Å². The highest BCUT2D eigenvalue weighted by atomic mass is 32.2. The molecule has 2 aromatic rings. The molecule has 1 aromatic heterocycles. The predicted molar refractivity (Wildman–Crippen MR) is 115 cm³/mol. The van der Waals surface area contributed by atoms with Gasteiger partial charge in [-0.1, -0.05) is 18.7 Å². The Morgan fingerprint density at radius 3 is 2.34 bits per heavy atom. The zero-order valence-corrected chi connectivity index (χ0v) is 18.9. The lowest BCUT2D eigenvalue weighted by Gasteiger charge is -2.34. The van der Waals surface area contributed by atoms with Gasteiger partial charge in [0, 0.05) is 31.7 Å². The van der Waals surface area contributed by atoms with Crippen molar-refractivity contribution in [3.8, 4) is 22.8 Å². The van der Waals surface area contributed by atoms with Crippen molar-refractivity contribution < 1.29 is 27.4 Å². The summed E-state index contributed by atoms with van der Waals surface area (Å²) in [5.41, 5.74) is -0.567. The van der Waals surface area contributed by atoms with Gasteiger partial charge in [-0.3, -0.25) is 4.79 Å². The SMILES string of the molecule is CCN1CCN(C(=O)CSc2nc(-c3ccc(OC)c(OC)c3)cc(C(F)(F)F)n2)CC1. The van der Waals surface area contributed by atoms with Crippen LogP contribution in [-0.4, -0.2) is 78.4 Å². The van der Waals surface area contributed by atoms with Crippen molar-refractivity contribution in [1.29, 1.82) is 0 Å². The maximum atomic E-state index is 13.5. The van der Waals surface area contributed by atoms with Crippen molar-refractivity contribution in [2.45, 2.75) is 18.3 Å². The van der Waals surface area contributed by atoms with Crippen LogP contribution >= 0.6 is 11.8 Å². The molecule has 0 unspecified atom stereocenters. The van der Waals surface area contributed by atoms with Gasteiger partial charge in [0.15, 0.2) is 16.7 Å². The molecule has 1 aliphatic rings. The molecule has 1 fully saturated rings. The molecular weight excluding hydrogens is 445 g/mol. The fourth-order valence-electron chi connectivity index (χ4n) is 3.31. The van der Waals surface area contributed by atoms with Crippen LogP contribution in [-0.2, 0) is 11.0 Å². The first-order valence-electron chi connectivity index (χ1n) is 10.1.